The van der Waals surface area contributed by atoms with Gasteiger partial charge in [0, 0.05) is 16.6 Å². The van der Waals surface area contributed by atoms with Crippen molar-refractivity contribution >= 4 is 45.6 Å². The summed E-state index contributed by atoms with van der Waals surface area (Å²) in [6.07, 6.45) is 1.53. The molecule has 0 spiro atoms. The Hall–Kier alpha value is -0.0400. The molecule has 1 aromatic rings. The largest absolute Gasteiger partial charge is 0.330 e. The van der Waals surface area contributed by atoms with Crippen molar-refractivity contribution in [3.63, 3.8) is 0 Å². The molecule has 1 rings (SSSR count). The van der Waals surface area contributed by atoms with Gasteiger partial charge in [-0.15, -0.1) is 12.4 Å². The van der Waals surface area contributed by atoms with Gasteiger partial charge < -0.3 is 5.73 Å². The van der Waals surface area contributed by atoms with Crippen molar-refractivity contribution in [1.29, 1.82) is 0 Å². The molecule has 110 valence electrons. The third-order valence-corrected chi connectivity index (χ3v) is 4.03. The van der Waals surface area contributed by atoms with Gasteiger partial charge in [-0.3, -0.25) is 0 Å². The van der Waals surface area contributed by atoms with Gasteiger partial charge in [0.2, 0.25) is 10.0 Å². The van der Waals surface area contributed by atoms with Crippen LogP contribution in [0.15, 0.2) is 18.2 Å². The molecule has 0 saturated carbocycles. The Balaban J connectivity index is 0.00000324. The van der Waals surface area contributed by atoms with Crippen LogP contribution in [0.3, 0.4) is 0 Å². The summed E-state index contributed by atoms with van der Waals surface area (Å²) in [4.78, 5) is 0. The highest BCUT2D eigenvalue weighted by molar-refractivity contribution is 7.88. The highest BCUT2D eigenvalue weighted by atomic mass is 35.5. The lowest BCUT2D eigenvalue weighted by Crippen LogP contribution is -2.26. The molecular weight excluding hydrogens is 331 g/mol. The first-order valence-corrected chi connectivity index (χ1v) is 7.96. The first-order chi connectivity index (χ1) is 8.43. The summed E-state index contributed by atoms with van der Waals surface area (Å²) in [5.74, 6) is -0.129. The summed E-state index contributed by atoms with van der Waals surface area (Å²) in [6.45, 7) is 0.958. The number of unbranched alkanes of at least 4 members (excludes halogenated alkanes) is 1. The van der Waals surface area contributed by atoms with Gasteiger partial charge >= 0.3 is 0 Å². The van der Waals surface area contributed by atoms with Gasteiger partial charge in [-0.1, -0.05) is 23.2 Å². The zero-order chi connectivity index (χ0) is 13.6. The van der Waals surface area contributed by atoms with E-state index < -0.39 is 10.0 Å². The molecule has 19 heavy (non-hydrogen) atoms. The molecule has 0 aliphatic heterocycles. The third-order valence-electron chi connectivity index (χ3n) is 2.23. The zero-order valence-corrected chi connectivity index (χ0v) is 13.4. The summed E-state index contributed by atoms with van der Waals surface area (Å²) in [5.41, 5.74) is 5.90. The first kappa shape index (κ1) is 19.0. The van der Waals surface area contributed by atoms with Gasteiger partial charge in [-0.25, -0.2) is 13.1 Å². The van der Waals surface area contributed by atoms with E-state index in [0.29, 0.717) is 28.7 Å². The van der Waals surface area contributed by atoms with Crippen LogP contribution in [0.25, 0.3) is 0 Å². The molecular formula is C11H17Cl3N2O2S. The van der Waals surface area contributed by atoms with Gasteiger partial charge in [-0.2, -0.15) is 0 Å². The minimum Gasteiger partial charge on any atom is -0.330 e. The summed E-state index contributed by atoms with van der Waals surface area (Å²) < 4.78 is 26.0. The van der Waals surface area contributed by atoms with Crippen molar-refractivity contribution in [2.45, 2.75) is 18.6 Å². The number of nitrogens with two attached hydrogens (primary N) is 1. The maximum atomic E-state index is 11.8. The number of hydrogen-bond acceptors (Lipinski definition) is 3. The number of halogens is 3. The van der Waals surface area contributed by atoms with Crippen LogP contribution in [0.2, 0.25) is 10.0 Å². The molecule has 0 atom stereocenters. The molecule has 4 nitrogen and oxygen atoms in total. The minimum absolute atomic E-state index is 0. The molecule has 3 N–H and O–H groups in total. The van der Waals surface area contributed by atoms with E-state index in [1.54, 1.807) is 18.2 Å². The smallest absolute Gasteiger partial charge is 0.215 e. The van der Waals surface area contributed by atoms with Crippen molar-refractivity contribution in [3.8, 4) is 0 Å². The second kappa shape index (κ2) is 9.00. The van der Waals surface area contributed by atoms with Crippen LogP contribution < -0.4 is 10.5 Å². The summed E-state index contributed by atoms with van der Waals surface area (Å²) in [5, 5.41) is 0.853. The topological polar surface area (TPSA) is 72.2 Å². The van der Waals surface area contributed by atoms with Gasteiger partial charge in [0.25, 0.3) is 0 Å². The number of nitrogens with one attached hydrogen (secondary N) is 1. The highest BCUT2D eigenvalue weighted by Gasteiger charge is 2.11. The van der Waals surface area contributed by atoms with Gasteiger partial charge in [0.15, 0.2) is 0 Å². The average Bonchev–Trinajstić information content (AvgIpc) is 2.22. The lowest BCUT2D eigenvalue weighted by molar-refractivity contribution is 0.576. The number of benzene rings is 1. The van der Waals surface area contributed by atoms with E-state index in [-0.39, 0.29) is 18.2 Å². The molecule has 0 saturated heterocycles. The van der Waals surface area contributed by atoms with Gasteiger partial charge in [0.1, 0.15) is 0 Å². The molecule has 0 bridgehead atoms. The molecule has 0 amide bonds. The molecule has 0 heterocycles. The number of sulfonamides is 1. The number of hydrogen-bond donors (Lipinski definition) is 2. The summed E-state index contributed by atoms with van der Waals surface area (Å²) >= 11 is 11.6. The van der Waals surface area contributed by atoms with Crippen molar-refractivity contribution in [2.24, 2.45) is 5.73 Å². The van der Waals surface area contributed by atoms with Crippen molar-refractivity contribution in [2.75, 3.05) is 13.1 Å². The maximum Gasteiger partial charge on any atom is 0.215 e. The Bertz CT molecular complexity index is 474. The quantitative estimate of drug-likeness (QED) is 0.745. The molecule has 1 aromatic carbocycles. The van der Waals surface area contributed by atoms with E-state index in [2.05, 4.69) is 4.72 Å². The van der Waals surface area contributed by atoms with Gasteiger partial charge in [0.05, 0.1) is 5.75 Å². The molecule has 8 heteroatoms. The Labute approximate surface area is 130 Å². The monoisotopic (exact) mass is 346 g/mol. The standard InChI is InChI=1S/C11H16Cl2N2O2S.ClH/c12-10-5-9(6-11(13)7-10)8-18(16,17)15-4-2-1-3-14;/h5-7,15H,1-4,8,14H2;1H. The predicted molar refractivity (Wildman–Crippen MR) is 82.6 cm³/mol. The van der Waals surface area contributed by atoms with Crippen LogP contribution in [-0.2, 0) is 15.8 Å². The molecule has 0 radical (unpaired) electrons. The van der Waals surface area contributed by atoms with Crippen molar-refractivity contribution in [1.82, 2.24) is 4.72 Å². The average molecular weight is 348 g/mol. The second-order valence-electron chi connectivity index (χ2n) is 3.93. The summed E-state index contributed by atoms with van der Waals surface area (Å²) in [6, 6.07) is 4.74. The Morgan fingerprint density at radius 2 is 1.68 bits per heavy atom. The maximum absolute atomic E-state index is 11.8. The van der Waals surface area contributed by atoms with Crippen LogP contribution in [0.4, 0.5) is 0 Å². The van der Waals surface area contributed by atoms with E-state index in [9.17, 15) is 8.42 Å². The zero-order valence-electron chi connectivity index (χ0n) is 10.2. The van der Waals surface area contributed by atoms with Crippen molar-refractivity contribution < 1.29 is 8.42 Å². The fourth-order valence-electron chi connectivity index (χ4n) is 1.46. The molecule has 0 aliphatic rings. The number of rotatable bonds is 7. The SMILES string of the molecule is Cl.NCCCCNS(=O)(=O)Cc1cc(Cl)cc(Cl)c1. The predicted octanol–water partition coefficient (Wildman–Crippen LogP) is 2.57. The molecule has 0 unspecified atom stereocenters. The summed E-state index contributed by atoms with van der Waals surface area (Å²) in [7, 11) is -3.36. The minimum atomic E-state index is -3.36. The van der Waals surface area contributed by atoms with Gasteiger partial charge in [-0.05, 0) is 43.1 Å². The van der Waals surface area contributed by atoms with Crippen LogP contribution in [0.1, 0.15) is 18.4 Å². The normalized spacial score (nSPS) is 11.1. The lowest BCUT2D eigenvalue weighted by atomic mass is 10.2. The van der Waals surface area contributed by atoms with E-state index >= 15 is 0 Å². The van der Waals surface area contributed by atoms with Crippen molar-refractivity contribution in [3.05, 3.63) is 33.8 Å². The Kier molecular flexibility index (Phi) is 8.98. The van der Waals surface area contributed by atoms with Crippen LogP contribution in [0, 0.1) is 0 Å². The van der Waals surface area contributed by atoms with Crippen LogP contribution in [0.5, 0.6) is 0 Å². The van der Waals surface area contributed by atoms with E-state index in [1.807, 2.05) is 0 Å². The van der Waals surface area contributed by atoms with E-state index in [0.717, 1.165) is 12.8 Å². The fraction of sp³-hybridized carbons (Fsp3) is 0.455. The van der Waals surface area contributed by atoms with Crippen LogP contribution in [-0.4, -0.2) is 21.5 Å². The van der Waals surface area contributed by atoms with E-state index in [1.165, 1.54) is 0 Å². The molecule has 0 fully saturated rings. The Morgan fingerprint density at radius 3 is 2.21 bits per heavy atom. The van der Waals surface area contributed by atoms with E-state index in [4.69, 9.17) is 28.9 Å². The third kappa shape index (κ3) is 7.97. The second-order valence-corrected chi connectivity index (χ2v) is 6.61. The fourth-order valence-corrected chi connectivity index (χ4v) is 3.20. The highest BCUT2D eigenvalue weighted by Crippen LogP contribution is 2.20. The molecule has 0 aromatic heterocycles. The first-order valence-electron chi connectivity index (χ1n) is 5.55. The van der Waals surface area contributed by atoms with Crippen LogP contribution >= 0.6 is 35.6 Å². The Morgan fingerprint density at radius 1 is 1.11 bits per heavy atom. The molecule has 0 aliphatic carbocycles. The lowest BCUT2D eigenvalue weighted by Gasteiger charge is -2.07.